The highest BCUT2D eigenvalue weighted by Crippen LogP contribution is 2.31. The topological polar surface area (TPSA) is 79.4 Å². The first-order valence-electron chi connectivity index (χ1n) is 5.33. The summed E-state index contributed by atoms with van der Waals surface area (Å²) in [5.41, 5.74) is 0.418. The summed E-state index contributed by atoms with van der Waals surface area (Å²) in [6, 6.07) is 5.93. The molecule has 6 heteroatoms. The Morgan fingerprint density at radius 3 is 2.68 bits per heavy atom. The maximum absolute atomic E-state index is 11.2. The number of carbonyl (C=O) groups is 1. The van der Waals surface area contributed by atoms with Crippen LogP contribution >= 0.6 is 11.6 Å². The predicted molar refractivity (Wildman–Crippen MR) is 71.0 cm³/mol. The van der Waals surface area contributed by atoms with Crippen molar-refractivity contribution in [3.05, 3.63) is 51.4 Å². The number of benzene rings is 1. The molecule has 2 N–H and O–H groups in total. The Bertz CT molecular complexity index is 693. The molecule has 0 aliphatic heterocycles. The quantitative estimate of drug-likeness (QED) is 0.904. The minimum absolute atomic E-state index is 0.0787. The molecule has 2 rings (SSSR count). The SMILES string of the molecule is COc1ccc(-c2c[nH]c(=O)cc2C(=O)O)cc1Cl. The van der Waals surface area contributed by atoms with Gasteiger partial charge >= 0.3 is 5.97 Å². The number of H-pyrrole nitrogens is 1. The standard InChI is InChI=1S/C13H10ClNO4/c1-19-11-3-2-7(4-10(11)14)9-6-15-12(16)5-8(9)13(17)18/h2-6H,1H3,(H,15,16)(H,17,18). The number of aromatic carboxylic acids is 1. The van der Waals surface area contributed by atoms with Gasteiger partial charge in [-0.15, -0.1) is 0 Å². The van der Waals surface area contributed by atoms with E-state index < -0.39 is 11.5 Å². The second-order valence-corrected chi connectivity index (χ2v) is 4.19. The summed E-state index contributed by atoms with van der Waals surface area (Å²) in [7, 11) is 1.49. The largest absolute Gasteiger partial charge is 0.495 e. The Morgan fingerprint density at radius 1 is 1.37 bits per heavy atom. The molecule has 98 valence electrons. The lowest BCUT2D eigenvalue weighted by atomic mass is 10.0. The van der Waals surface area contributed by atoms with Crippen LogP contribution in [0.3, 0.4) is 0 Å². The maximum Gasteiger partial charge on any atom is 0.336 e. The summed E-state index contributed by atoms with van der Waals surface area (Å²) < 4.78 is 5.03. The van der Waals surface area contributed by atoms with Crippen LogP contribution in [0.2, 0.25) is 5.02 Å². The van der Waals surface area contributed by atoms with Crippen LogP contribution in [-0.4, -0.2) is 23.2 Å². The van der Waals surface area contributed by atoms with E-state index in [0.29, 0.717) is 21.9 Å². The molecule has 2 aromatic rings. The van der Waals surface area contributed by atoms with Crippen molar-refractivity contribution in [2.24, 2.45) is 0 Å². The highest BCUT2D eigenvalue weighted by Gasteiger charge is 2.13. The predicted octanol–water partition coefficient (Wildman–Crippen LogP) is 2.40. The lowest BCUT2D eigenvalue weighted by Gasteiger charge is -2.08. The first kappa shape index (κ1) is 13.2. The number of hydrogen-bond donors (Lipinski definition) is 2. The molecule has 5 nitrogen and oxygen atoms in total. The number of ether oxygens (including phenoxy) is 1. The Labute approximate surface area is 113 Å². The zero-order chi connectivity index (χ0) is 14.0. The van der Waals surface area contributed by atoms with Gasteiger partial charge < -0.3 is 14.8 Å². The van der Waals surface area contributed by atoms with Gasteiger partial charge in [0.25, 0.3) is 0 Å². The molecule has 1 heterocycles. The third-order valence-electron chi connectivity index (χ3n) is 2.62. The Hall–Kier alpha value is -2.27. The van der Waals surface area contributed by atoms with E-state index in [1.165, 1.54) is 13.3 Å². The first-order valence-corrected chi connectivity index (χ1v) is 5.70. The van der Waals surface area contributed by atoms with Crippen molar-refractivity contribution in [3.8, 4) is 16.9 Å². The van der Waals surface area contributed by atoms with Gasteiger partial charge in [0.05, 0.1) is 17.7 Å². The Kier molecular flexibility index (Phi) is 3.57. The number of aromatic amines is 1. The highest BCUT2D eigenvalue weighted by molar-refractivity contribution is 6.32. The van der Waals surface area contributed by atoms with E-state index in [1.807, 2.05) is 0 Å². The molecule has 0 fully saturated rings. The fraction of sp³-hybridized carbons (Fsp3) is 0.0769. The number of carboxylic acids is 1. The Balaban J connectivity index is 2.62. The van der Waals surface area contributed by atoms with E-state index in [-0.39, 0.29) is 5.56 Å². The van der Waals surface area contributed by atoms with E-state index >= 15 is 0 Å². The lowest BCUT2D eigenvalue weighted by molar-refractivity contribution is 0.0697. The van der Waals surface area contributed by atoms with Crippen LogP contribution in [0.4, 0.5) is 0 Å². The number of methoxy groups -OCH3 is 1. The van der Waals surface area contributed by atoms with Gasteiger partial charge in [-0.1, -0.05) is 17.7 Å². The molecular weight excluding hydrogens is 270 g/mol. The monoisotopic (exact) mass is 279 g/mol. The van der Waals surface area contributed by atoms with Gasteiger partial charge in [0.2, 0.25) is 5.56 Å². The van der Waals surface area contributed by atoms with Gasteiger partial charge in [0.1, 0.15) is 5.75 Å². The number of carboxylic acid groups (broad SMARTS) is 1. The number of pyridine rings is 1. The fourth-order valence-electron chi connectivity index (χ4n) is 1.72. The summed E-state index contributed by atoms with van der Waals surface area (Å²) >= 11 is 6.00. The molecular formula is C13H10ClNO4. The van der Waals surface area contributed by atoms with Gasteiger partial charge in [-0.2, -0.15) is 0 Å². The van der Waals surface area contributed by atoms with Crippen molar-refractivity contribution >= 4 is 17.6 Å². The molecule has 1 aromatic heterocycles. The molecule has 0 saturated carbocycles. The molecule has 0 aliphatic carbocycles. The van der Waals surface area contributed by atoms with Gasteiger partial charge in [0.15, 0.2) is 0 Å². The van der Waals surface area contributed by atoms with Crippen LogP contribution in [0.15, 0.2) is 35.3 Å². The van der Waals surface area contributed by atoms with Crippen LogP contribution in [0, 0.1) is 0 Å². The van der Waals surface area contributed by atoms with E-state index in [1.54, 1.807) is 18.2 Å². The van der Waals surface area contributed by atoms with Crippen molar-refractivity contribution in [3.63, 3.8) is 0 Å². The molecule has 0 radical (unpaired) electrons. The minimum atomic E-state index is -1.17. The summed E-state index contributed by atoms with van der Waals surface area (Å²) in [4.78, 5) is 24.8. The molecule has 0 spiro atoms. The number of nitrogens with one attached hydrogen (secondary N) is 1. The first-order chi connectivity index (χ1) is 9.02. The Morgan fingerprint density at radius 2 is 2.11 bits per heavy atom. The second kappa shape index (κ2) is 5.16. The van der Waals surface area contributed by atoms with Crippen molar-refractivity contribution in [2.75, 3.05) is 7.11 Å². The number of aromatic nitrogens is 1. The normalized spacial score (nSPS) is 10.2. The van der Waals surface area contributed by atoms with E-state index in [9.17, 15) is 9.59 Å². The van der Waals surface area contributed by atoms with Gasteiger partial charge in [-0.3, -0.25) is 4.79 Å². The molecule has 19 heavy (non-hydrogen) atoms. The van der Waals surface area contributed by atoms with Gasteiger partial charge in [-0.05, 0) is 17.7 Å². The summed E-state index contributed by atoms with van der Waals surface area (Å²) in [6.45, 7) is 0. The van der Waals surface area contributed by atoms with Crippen LogP contribution in [-0.2, 0) is 0 Å². The zero-order valence-electron chi connectivity index (χ0n) is 9.94. The molecule has 1 aromatic carbocycles. The summed E-state index contributed by atoms with van der Waals surface area (Å²) in [5, 5.41) is 9.47. The van der Waals surface area contributed by atoms with E-state index in [4.69, 9.17) is 21.4 Å². The van der Waals surface area contributed by atoms with Crippen LogP contribution < -0.4 is 10.3 Å². The number of halogens is 1. The van der Waals surface area contributed by atoms with Crippen LogP contribution in [0.5, 0.6) is 5.75 Å². The van der Waals surface area contributed by atoms with Crippen LogP contribution in [0.25, 0.3) is 11.1 Å². The number of hydrogen-bond acceptors (Lipinski definition) is 3. The molecule has 0 saturated heterocycles. The van der Waals surface area contributed by atoms with Crippen molar-refractivity contribution in [1.29, 1.82) is 0 Å². The van der Waals surface area contributed by atoms with Gasteiger partial charge in [0, 0.05) is 17.8 Å². The fourth-order valence-corrected chi connectivity index (χ4v) is 1.98. The smallest absolute Gasteiger partial charge is 0.336 e. The van der Waals surface area contributed by atoms with Crippen LogP contribution in [0.1, 0.15) is 10.4 Å². The third kappa shape index (κ3) is 2.61. The molecule has 0 atom stereocenters. The third-order valence-corrected chi connectivity index (χ3v) is 2.91. The maximum atomic E-state index is 11.2. The lowest BCUT2D eigenvalue weighted by Crippen LogP contribution is -2.10. The van der Waals surface area contributed by atoms with E-state index in [2.05, 4.69) is 4.98 Å². The van der Waals surface area contributed by atoms with Crippen molar-refractivity contribution in [1.82, 2.24) is 4.98 Å². The second-order valence-electron chi connectivity index (χ2n) is 3.78. The zero-order valence-corrected chi connectivity index (χ0v) is 10.7. The molecule has 0 aliphatic rings. The molecule has 0 bridgehead atoms. The molecule has 0 unspecified atom stereocenters. The average molecular weight is 280 g/mol. The summed E-state index contributed by atoms with van der Waals surface area (Å²) in [5.74, 6) is -0.681. The van der Waals surface area contributed by atoms with E-state index in [0.717, 1.165) is 6.07 Å². The van der Waals surface area contributed by atoms with Crippen molar-refractivity contribution < 1.29 is 14.6 Å². The average Bonchev–Trinajstić information content (AvgIpc) is 2.38. The summed E-state index contributed by atoms with van der Waals surface area (Å²) in [6.07, 6.45) is 1.35. The van der Waals surface area contributed by atoms with Gasteiger partial charge in [-0.25, -0.2) is 4.79 Å². The molecule has 0 amide bonds. The highest BCUT2D eigenvalue weighted by atomic mass is 35.5. The minimum Gasteiger partial charge on any atom is -0.495 e. The number of rotatable bonds is 3. The van der Waals surface area contributed by atoms with Crippen molar-refractivity contribution in [2.45, 2.75) is 0 Å².